The van der Waals surface area contributed by atoms with E-state index in [1.54, 1.807) is 12.1 Å². The maximum atomic E-state index is 13.8. The molecule has 2 N–H and O–H groups in total. The van der Waals surface area contributed by atoms with E-state index in [9.17, 15) is 8.78 Å². The Morgan fingerprint density at radius 1 is 1.19 bits per heavy atom. The number of ether oxygens (including phenoxy) is 2. The molecule has 3 nitrogen and oxygen atoms in total. The minimum atomic E-state index is -0.845. The minimum absolute atomic E-state index is 0.00743. The highest BCUT2D eigenvalue weighted by molar-refractivity contribution is 5.53. The van der Waals surface area contributed by atoms with Crippen LogP contribution in [-0.4, -0.2) is 5.60 Å². The van der Waals surface area contributed by atoms with Crippen molar-refractivity contribution in [3.8, 4) is 17.2 Å². The summed E-state index contributed by atoms with van der Waals surface area (Å²) in [5.74, 6) is -1.35. The zero-order valence-electron chi connectivity index (χ0n) is 11.7. The summed E-state index contributed by atoms with van der Waals surface area (Å²) in [7, 11) is 0. The molecule has 1 heterocycles. The number of nitrogen functional groups attached to an aromatic ring is 1. The molecule has 0 saturated heterocycles. The van der Waals surface area contributed by atoms with Crippen LogP contribution in [0.15, 0.2) is 30.3 Å². The highest BCUT2D eigenvalue weighted by atomic mass is 19.1. The SMILES string of the molecule is CC1(C)Cc2cccc(Oc3c(F)cc(N)cc3F)c2O1. The van der Waals surface area contributed by atoms with Gasteiger partial charge in [0.25, 0.3) is 0 Å². The second kappa shape index (κ2) is 4.62. The maximum absolute atomic E-state index is 13.8. The fourth-order valence-electron chi connectivity index (χ4n) is 2.45. The van der Waals surface area contributed by atoms with Crippen molar-refractivity contribution in [3.63, 3.8) is 0 Å². The molecule has 0 saturated carbocycles. The molecular weight excluding hydrogens is 276 g/mol. The number of hydrogen-bond acceptors (Lipinski definition) is 3. The van der Waals surface area contributed by atoms with Gasteiger partial charge in [-0.15, -0.1) is 0 Å². The largest absolute Gasteiger partial charge is 0.483 e. The van der Waals surface area contributed by atoms with Crippen LogP contribution in [0.2, 0.25) is 0 Å². The molecule has 0 aromatic heterocycles. The first-order valence-corrected chi connectivity index (χ1v) is 6.59. The first-order chi connectivity index (χ1) is 9.85. The van der Waals surface area contributed by atoms with Gasteiger partial charge in [0.15, 0.2) is 28.9 Å². The van der Waals surface area contributed by atoms with Gasteiger partial charge in [0.1, 0.15) is 5.60 Å². The van der Waals surface area contributed by atoms with Crippen LogP contribution >= 0.6 is 0 Å². The molecule has 3 rings (SSSR count). The van der Waals surface area contributed by atoms with E-state index in [2.05, 4.69) is 0 Å². The average Bonchev–Trinajstić information content (AvgIpc) is 2.68. The van der Waals surface area contributed by atoms with Gasteiger partial charge in [-0.1, -0.05) is 12.1 Å². The third-order valence-electron chi connectivity index (χ3n) is 3.29. The van der Waals surface area contributed by atoms with Crippen LogP contribution in [0.25, 0.3) is 0 Å². The molecule has 0 fully saturated rings. The molecule has 0 spiro atoms. The lowest BCUT2D eigenvalue weighted by Crippen LogP contribution is -2.24. The van der Waals surface area contributed by atoms with Crippen molar-refractivity contribution in [2.24, 2.45) is 0 Å². The van der Waals surface area contributed by atoms with E-state index in [1.807, 2.05) is 19.9 Å². The second-order valence-corrected chi connectivity index (χ2v) is 5.70. The predicted molar refractivity (Wildman–Crippen MR) is 75.7 cm³/mol. The highest BCUT2D eigenvalue weighted by Gasteiger charge is 2.32. The fraction of sp³-hybridized carbons (Fsp3) is 0.250. The molecule has 110 valence electrons. The maximum Gasteiger partial charge on any atom is 0.198 e. The molecule has 0 amide bonds. The molecule has 0 radical (unpaired) electrons. The lowest BCUT2D eigenvalue weighted by molar-refractivity contribution is 0.134. The molecule has 1 aliphatic heterocycles. The fourth-order valence-corrected chi connectivity index (χ4v) is 2.45. The molecule has 21 heavy (non-hydrogen) atoms. The van der Waals surface area contributed by atoms with Crippen LogP contribution in [-0.2, 0) is 6.42 Å². The van der Waals surface area contributed by atoms with Crippen molar-refractivity contribution in [1.82, 2.24) is 0 Å². The summed E-state index contributed by atoms with van der Waals surface area (Å²) in [6.45, 7) is 3.89. The Bertz CT molecular complexity index is 690. The lowest BCUT2D eigenvalue weighted by atomic mass is 10.0. The molecule has 0 atom stereocenters. The lowest BCUT2D eigenvalue weighted by Gasteiger charge is -2.18. The molecule has 0 bridgehead atoms. The number of nitrogens with two attached hydrogens (primary N) is 1. The minimum Gasteiger partial charge on any atom is -0.483 e. The van der Waals surface area contributed by atoms with E-state index in [4.69, 9.17) is 15.2 Å². The molecule has 2 aromatic rings. The first kappa shape index (κ1) is 13.7. The van der Waals surface area contributed by atoms with Gasteiger partial charge in [-0.25, -0.2) is 8.78 Å². The monoisotopic (exact) mass is 291 g/mol. The van der Waals surface area contributed by atoms with E-state index in [-0.39, 0.29) is 11.3 Å². The second-order valence-electron chi connectivity index (χ2n) is 5.70. The van der Waals surface area contributed by atoms with Crippen LogP contribution in [0.5, 0.6) is 17.2 Å². The Hall–Kier alpha value is -2.30. The third kappa shape index (κ3) is 2.51. The van der Waals surface area contributed by atoms with Crippen molar-refractivity contribution in [2.75, 3.05) is 5.73 Å². The van der Waals surface area contributed by atoms with E-state index in [0.29, 0.717) is 17.9 Å². The summed E-state index contributed by atoms with van der Waals surface area (Å²) in [4.78, 5) is 0. The van der Waals surface area contributed by atoms with Crippen LogP contribution in [0.3, 0.4) is 0 Å². The zero-order chi connectivity index (χ0) is 15.2. The summed E-state index contributed by atoms with van der Waals surface area (Å²) in [6.07, 6.45) is 0.715. The Labute approximate surface area is 121 Å². The van der Waals surface area contributed by atoms with Crippen LogP contribution in [0.4, 0.5) is 14.5 Å². The molecule has 0 unspecified atom stereocenters. The van der Waals surface area contributed by atoms with E-state index in [0.717, 1.165) is 17.7 Å². The summed E-state index contributed by atoms with van der Waals surface area (Å²) in [6, 6.07) is 7.34. The van der Waals surface area contributed by atoms with E-state index < -0.39 is 17.4 Å². The van der Waals surface area contributed by atoms with Gasteiger partial charge in [0, 0.05) is 29.8 Å². The number of para-hydroxylation sites is 1. The number of hydrogen-bond donors (Lipinski definition) is 1. The zero-order valence-corrected chi connectivity index (χ0v) is 11.7. The number of halogens is 2. The summed E-state index contributed by atoms with van der Waals surface area (Å²) in [5.41, 5.74) is 5.99. The molecule has 2 aromatic carbocycles. The van der Waals surface area contributed by atoms with Crippen molar-refractivity contribution in [1.29, 1.82) is 0 Å². The predicted octanol–water partition coefficient (Wildman–Crippen LogP) is 4.05. The van der Waals surface area contributed by atoms with Crippen molar-refractivity contribution in [2.45, 2.75) is 25.9 Å². The van der Waals surface area contributed by atoms with Crippen LogP contribution in [0, 0.1) is 11.6 Å². The van der Waals surface area contributed by atoms with Gasteiger partial charge >= 0.3 is 0 Å². The first-order valence-electron chi connectivity index (χ1n) is 6.59. The van der Waals surface area contributed by atoms with Gasteiger partial charge in [0.05, 0.1) is 0 Å². The number of rotatable bonds is 2. The summed E-state index contributed by atoms with van der Waals surface area (Å²) >= 11 is 0. The topological polar surface area (TPSA) is 44.5 Å². The number of fused-ring (bicyclic) bond motifs is 1. The molecular formula is C16H15F2NO2. The quantitative estimate of drug-likeness (QED) is 0.849. The Morgan fingerprint density at radius 3 is 2.52 bits per heavy atom. The van der Waals surface area contributed by atoms with Crippen molar-refractivity contribution in [3.05, 3.63) is 47.5 Å². The van der Waals surface area contributed by atoms with Crippen molar-refractivity contribution >= 4 is 5.69 Å². The standard InChI is InChI=1S/C16H15F2NO2/c1-16(2)8-9-4-3-5-13(14(9)21-16)20-15-11(17)6-10(19)7-12(15)18/h3-7H,8,19H2,1-2H3. The van der Waals surface area contributed by atoms with Gasteiger partial charge in [-0.3, -0.25) is 0 Å². The molecule has 5 heteroatoms. The highest BCUT2D eigenvalue weighted by Crippen LogP contribution is 2.44. The normalized spacial score (nSPS) is 15.4. The van der Waals surface area contributed by atoms with Crippen LogP contribution in [0.1, 0.15) is 19.4 Å². The molecule has 1 aliphatic rings. The molecule has 0 aliphatic carbocycles. The van der Waals surface area contributed by atoms with Gasteiger partial charge < -0.3 is 15.2 Å². The summed E-state index contributed by atoms with van der Waals surface area (Å²) < 4.78 is 38.8. The number of anilines is 1. The van der Waals surface area contributed by atoms with Gasteiger partial charge in [-0.2, -0.15) is 0 Å². The Morgan fingerprint density at radius 2 is 1.86 bits per heavy atom. The average molecular weight is 291 g/mol. The van der Waals surface area contributed by atoms with Gasteiger partial charge in [-0.05, 0) is 19.9 Å². The Kier molecular flexibility index (Phi) is 3.01. The Balaban J connectivity index is 2.00. The third-order valence-corrected chi connectivity index (χ3v) is 3.29. The van der Waals surface area contributed by atoms with E-state index in [1.165, 1.54) is 0 Å². The number of benzene rings is 2. The van der Waals surface area contributed by atoms with Gasteiger partial charge in [0.2, 0.25) is 0 Å². The summed E-state index contributed by atoms with van der Waals surface area (Å²) in [5, 5.41) is 0. The van der Waals surface area contributed by atoms with Crippen molar-refractivity contribution < 1.29 is 18.3 Å². The smallest absolute Gasteiger partial charge is 0.198 e. The van der Waals surface area contributed by atoms with Crippen LogP contribution < -0.4 is 15.2 Å². The van der Waals surface area contributed by atoms with E-state index >= 15 is 0 Å².